The maximum Gasteiger partial charge on any atom is 0.251 e. The topological polar surface area (TPSA) is 178 Å². The highest BCUT2D eigenvalue weighted by molar-refractivity contribution is 5.90. The van der Waals surface area contributed by atoms with Gasteiger partial charge >= 0.3 is 0 Å². The van der Waals surface area contributed by atoms with Crippen molar-refractivity contribution in [3.8, 4) is 0 Å². The third-order valence-electron chi connectivity index (χ3n) is 3.16. The van der Waals surface area contributed by atoms with E-state index in [9.17, 15) is 24.5 Å². The minimum Gasteiger partial charge on any atom is -0.352 e. The lowest BCUT2D eigenvalue weighted by Crippen LogP contribution is -2.49. The Hall–Kier alpha value is -2.92. The number of nitrogens with zero attached hydrogens (tertiary/aromatic N) is 1. The molecule has 12 heteroatoms. The van der Waals surface area contributed by atoms with E-state index in [1.165, 1.54) is 6.92 Å². The number of guanidine groups is 1. The number of amides is 3. The molecule has 0 rings (SSSR count). The van der Waals surface area contributed by atoms with Crippen LogP contribution in [-0.4, -0.2) is 47.8 Å². The first-order valence-electron chi connectivity index (χ1n) is 8.51. The monoisotopic (exact) mass is 386 g/mol. The van der Waals surface area contributed by atoms with Crippen molar-refractivity contribution in [3.05, 3.63) is 16.7 Å². The fraction of sp³-hybridized carbons (Fsp3) is 0.667. The molecule has 27 heavy (non-hydrogen) atoms. The predicted octanol–water partition coefficient (Wildman–Crippen LogP) is -0.983. The molecule has 0 fully saturated rings. The zero-order valence-corrected chi connectivity index (χ0v) is 15.8. The van der Waals surface area contributed by atoms with Crippen molar-refractivity contribution in [2.24, 2.45) is 5.92 Å². The Labute approximate surface area is 157 Å². The molecule has 0 aliphatic carbocycles. The third kappa shape index (κ3) is 14.0. The smallest absolute Gasteiger partial charge is 0.251 e. The lowest BCUT2D eigenvalue weighted by Gasteiger charge is -2.19. The lowest BCUT2D eigenvalue weighted by molar-refractivity contribution is -0.525. The van der Waals surface area contributed by atoms with E-state index in [1.807, 2.05) is 13.8 Å². The fourth-order valence-corrected chi connectivity index (χ4v) is 1.87. The van der Waals surface area contributed by atoms with Crippen molar-refractivity contribution in [2.45, 2.75) is 46.1 Å². The average molecular weight is 386 g/mol. The summed E-state index contributed by atoms with van der Waals surface area (Å²) in [6, 6.07) is -0.839. The standard InChI is InChI=1S/C15H28N7O5/c1-10(2)6-8-17-14(25)12(20-13(24)9-19-11(3)23)5-4-7-18-15(16)21-22(26)27/h8,10,12H,4-7,9H2,1-3H3,(H,17,25)(H,19,23)(H,20,24)(H3,16,18,21)/t12-/m0/s1. The molecule has 3 amide bonds. The molecule has 1 atom stereocenters. The first-order chi connectivity index (χ1) is 12.6. The van der Waals surface area contributed by atoms with Gasteiger partial charge in [0.2, 0.25) is 17.7 Å². The van der Waals surface area contributed by atoms with Gasteiger partial charge in [-0.3, -0.25) is 19.8 Å². The highest BCUT2D eigenvalue weighted by atomic mass is 16.7. The van der Waals surface area contributed by atoms with Crippen LogP contribution < -0.4 is 26.7 Å². The molecule has 0 aromatic heterocycles. The van der Waals surface area contributed by atoms with Crippen LogP contribution in [0.4, 0.5) is 0 Å². The Morgan fingerprint density at radius 1 is 1.22 bits per heavy atom. The Morgan fingerprint density at radius 2 is 1.89 bits per heavy atom. The first-order valence-corrected chi connectivity index (χ1v) is 8.51. The first kappa shape index (κ1) is 24.1. The molecule has 0 unspecified atom stereocenters. The predicted molar refractivity (Wildman–Crippen MR) is 97.6 cm³/mol. The van der Waals surface area contributed by atoms with Gasteiger partial charge in [-0.1, -0.05) is 19.3 Å². The van der Waals surface area contributed by atoms with Crippen LogP contribution in [0, 0.1) is 28.0 Å². The zero-order valence-electron chi connectivity index (χ0n) is 15.8. The molecule has 0 heterocycles. The van der Waals surface area contributed by atoms with Gasteiger partial charge in [0.15, 0.2) is 5.03 Å². The summed E-state index contributed by atoms with van der Waals surface area (Å²) < 4.78 is 0. The minimum atomic E-state index is -0.863. The van der Waals surface area contributed by atoms with Crippen LogP contribution in [0.25, 0.3) is 0 Å². The molecule has 1 radical (unpaired) electrons. The van der Waals surface area contributed by atoms with E-state index in [0.29, 0.717) is 18.8 Å². The van der Waals surface area contributed by atoms with E-state index >= 15 is 0 Å². The Morgan fingerprint density at radius 3 is 2.44 bits per heavy atom. The van der Waals surface area contributed by atoms with Crippen molar-refractivity contribution in [2.75, 3.05) is 13.1 Å². The number of rotatable bonds is 12. The van der Waals surface area contributed by atoms with Gasteiger partial charge in [-0.15, -0.1) is 0 Å². The maximum atomic E-state index is 12.3. The molecule has 0 aromatic carbocycles. The molecule has 153 valence electrons. The molecular formula is C15H28N7O5. The Balaban J connectivity index is 4.51. The number of nitrogens with one attached hydrogen (secondary N) is 6. The van der Waals surface area contributed by atoms with E-state index in [2.05, 4.69) is 21.3 Å². The largest absolute Gasteiger partial charge is 0.352 e. The van der Waals surface area contributed by atoms with E-state index in [0.717, 1.165) is 0 Å². The summed E-state index contributed by atoms with van der Waals surface area (Å²) in [7, 11) is 0. The molecule has 0 aromatic rings. The second-order valence-electron chi connectivity index (χ2n) is 6.19. The second kappa shape index (κ2) is 13.3. The highest BCUT2D eigenvalue weighted by Gasteiger charge is 2.20. The quantitative estimate of drug-likeness (QED) is 0.0819. The summed E-state index contributed by atoms with van der Waals surface area (Å²) in [5.74, 6) is -1.38. The average Bonchev–Trinajstić information content (AvgIpc) is 2.54. The van der Waals surface area contributed by atoms with Gasteiger partial charge in [0, 0.05) is 20.0 Å². The molecule has 12 nitrogen and oxygen atoms in total. The molecular weight excluding hydrogens is 358 g/mol. The van der Waals surface area contributed by atoms with Crippen molar-refractivity contribution in [3.63, 3.8) is 0 Å². The van der Waals surface area contributed by atoms with Gasteiger partial charge in [-0.25, -0.2) is 10.1 Å². The fourth-order valence-electron chi connectivity index (χ4n) is 1.87. The van der Waals surface area contributed by atoms with E-state index in [4.69, 9.17) is 5.41 Å². The van der Waals surface area contributed by atoms with Crippen LogP contribution in [0.2, 0.25) is 0 Å². The summed E-state index contributed by atoms with van der Waals surface area (Å²) >= 11 is 0. The third-order valence-corrected chi connectivity index (χ3v) is 3.16. The van der Waals surface area contributed by atoms with E-state index in [1.54, 1.807) is 12.0 Å². The van der Waals surface area contributed by atoms with Gasteiger partial charge in [-0.05, 0) is 25.2 Å². The van der Waals surface area contributed by atoms with Gasteiger partial charge in [0.1, 0.15) is 6.04 Å². The van der Waals surface area contributed by atoms with Crippen molar-refractivity contribution < 1.29 is 19.4 Å². The van der Waals surface area contributed by atoms with Gasteiger partial charge in [0.05, 0.1) is 6.54 Å². The SMILES string of the molecule is CC(=O)NCC(=O)N[C@@H](CCCNC(=N)N[N+](=O)[O-])C(=O)N[CH]CC(C)C. The molecule has 6 N–H and O–H groups in total. The molecule has 0 saturated heterocycles. The molecule has 0 saturated carbocycles. The van der Waals surface area contributed by atoms with Gasteiger partial charge in [0.25, 0.3) is 5.96 Å². The lowest BCUT2D eigenvalue weighted by atomic mass is 10.1. The van der Waals surface area contributed by atoms with Crippen molar-refractivity contribution in [1.82, 2.24) is 26.7 Å². The summed E-state index contributed by atoms with van der Waals surface area (Å²) in [6.07, 6.45) is 1.28. The molecule has 0 spiro atoms. The van der Waals surface area contributed by atoms with Crippen LogP contribution in [0.5, 0.6) is 0 Å². The number of carbonyl (C=O) groups is 3. The minimum absolute atomic E-state index is 0.195. The summed E-state index contributed by atoms with van der Waals surface area (Å²) in [4.78, 5) is 45.2. The molecule has 0 aliphatic rings. The van der Waals surface area contributed by atoms with Crippen LogP contribution in [0.3, 0.4) is 0 Å². The number of hydrazine groups is 1. The van der Waals surface area contributed by atoms with E-state index in [-0.39, 0.29) is 25.4 Å². The molecule has 0 aliphatic heterocycles. The number of nitro groups is 1. The highest BCUT2D eigenvalue weighted by Crippen LogP contribution is 2.02. The Kier molecular flexibility index (Phi) is 11.9. The number of hydrogen-bond donors (Lipinski definition) is 6. The zero-order chi connectivity index (χ0) is 20.8. The maximum absolute atomic E-state index is 12.3. The van der Waals surface area contributed by atoms with Crippen LogP contribution in [-0.2, 0) is 14.4 Å². The summed E-state index contributed by atoms with van der Waals surface area (Å²) in [5.41, 5.74) is 1.65. The Bertz CT molecular complexity index is 539. The second-order valence-corrected chi connectivity index (χ2v) is 6.19. The van der Waals surface area contributed by atoms with E-state index < -0.39 is 28.8 Å². The molecule has 0 bridgehead atoms. The van der Waals surface area contributed by atoms with Gasteiger partial charge < -0.3 is 21.3 Å². The number of hydrogen-bond acceptors (Lipinski definition) is 6. The van der Waals surface area contributed by atoms with Crippen LogP contribution in [0.15, 0.2) is 0 Å². The summed E-state index contributed by atoms with van der Waals surface area (Å²) in [5, 5.41) is 26.6. The normalized spacial score (nSPS) is 11.3. The van der Waals surface area contributed by atoms with Crippen LogP contribution in [0.1, 0.15) is 40.0 Å². The number of carbonyl (C=O) groups excluding carboxylic acids is 3. The van der Waals surface area contributed by atoms with Gasteiger partial charge in [-0.2, -0.15) is 0 Å². The van der Waals surface area contributed by atoms with Crippen LogP contribution >= 0.6 is 0 Å². The van der Waals surface area contributed by atoms with Crippen molar-refractivity contribution in [1.29, 1.82) is 5.41 Å². The van der Waals surface area contributed by atoms with Crippen molar-refractivity contribution >= 4 is 23.7 Å². The summed E-state index contributed by atoms with van der Waals surface area (Å²) in [6.45, 7) is 6.84.